The van der Waals surface area contributed by atoms with Gasteiger partial charge in [-0.1, -0.05) is 6.07 Å². The molecule has 1 unspecified atom stereocenters. The van der Waals surface area contributed by atoms with E-state index >= 15 is 0 Å². The number of nitrogens with two attached hydrogens (primary N) is 1. The van der Waals surface area contributed by atoms with Crippen LogP contribution in [0, 0.1) is 5.92 Å². The van der Waals surface area contributed by atoms with Gasteiger partial charge in [0, 0.05) is 5.69 Å². The Morgan fingerprint density at radius 1 is 1.30 bits per heavy atom. The van der Waals surface area contributed by atoms with Crippen LogP contribution in [0.4, 0.5) is 10.5 Å². The molecule has 7 heteroatoms. The molecule has 2 aliphatic carbocycles. The van der Waals surface area contributed by atoms with Gasteiger partial charge >= 0.3 is 6.09 Å². The average molecular weight is 486 g/mol. The van der Waals surface area contributed by atoms with Crippen molar-refractivity contribution in [3.8, 4) is 0 Å². The van der Waals surface area contributed by atoms with Crippen molar-refractivity contribution in [2.75, 3.05) is 11.9 Å². The maximum absolute atomic E-state index is 12.0. The Kier molecular flexibility index (Phi) is 7.36. The fourth-order valence-corrected chi connectivity index (χ4v) is 3.30. The summed E-state index contributed by atoms with van der Waals surface area (Å²) in [6, 6.07) is 6.33. The van der Waals surface area contributed by atoms with Gasteiger partial charge in [0.15, 0.2) is 5.96 Å². The number of halogens is 1. The van der Waals surface area contributed by atoms with Crippen molar-refractivity contribution >= 4 is 41.7 Å². The highest BCUT2D eigenvalue weighted by molar-refractivity contribution is 14.0. The second-order valence-electron chi connectivity index (χ2n) is 8.28. The standard InChI is InChI=1S/C20H30N4O2.HI/c1-20(2,3)26-19(25)24-17(14-7-8-14)12-22-18(21)23-16-10-9-13-5-4-6-15(13)11-16;/h9-11,14,17H,4-8,12H2,1-3H3,(H,24,25)(H3,21,22,23);1H. The van der Waals surface area contributed by atoms with E-state index in [4.69, 9.17) is 10.5 Å². The lowest BCUT2D eigenvalue weighted by atomic mass is 10.1. The first-order valence-electron chi connectivity index (χ1n) is 9.48. The van der Waals surface area contributed by atoms with E-state index in [9.17, 15) is 4.79 Å². The maximum Gasteiger partial charge on any atom is 0.407 e. The number of benzene rings is 1. The molecule has 0 aromatic heterocycles. The van der Waals surface area contributed by atoms with Crippen LogP contribution >= 0.6 is 24.0 Å². The minimum Gasteiger partial charge on any atom is -0.444 e. The first kappa shape index (κ1) is 21.8. The molecule has 4 N–H and O–H groups in total. The molecule has 1 amide bonds. The summed E-state index contributed by atoms with van der Waals surface area (Å²) in [5.74, 6) is 0.832. The molecule has 0 bridgehead atoms. The fraction of sp³-hybridized carbons (Fsp3) is 0.600. The average Bonchev–Trinajstić information content (AvgIpc) is 3.27. The first-order chi connectivity index (χ1) is 12.3. The normalized spacial score (nSPS) is 17.5. The second-order valence-corrected chi connectivity index (χ2v) is 8.28. The molecule has 1 atom stereocenters. The van der Waals surface area contributed by atoms with E-state index in [1.165, 1.54) is 24.0 Å². The first-order valence-corrected chi connectivity index (χ1v) is 9.48. The largest absolute Gasteiger partial charge is 0.444 e. The summed E-state index contributed by atoms with van der Waals surface area (Å²) in [7, 11) is 0. The van der Waals surface area contributed by atoms with Crippen LogP contribution in [-0.4, -0.2) is 30.2 Å². The van der Waals surface area contributed by atoms with Gasteiger partial charge in [-0.05, 0) is 82.1 Å². The number of hydrogen-bond donors (Lipinski definition) is 3. The number of alkyl carbamates (subject to hydrolysis) is 1. The number of rotatable bonds is 5. The molecular formula is C20H31IN4O2. The van der Waals surface area contributed by atoms with Gasteiger partial charge in [0.25, 0.3) is 0 Å². The smallest absolute Gasteiger partial charge is 0.407 e. The molecular weight excluding hydrogens is 455 g/mol. The van der Waals surface area contributed by atoms with Crippen molar-refractivity contribution in [3.05, 3.63) is 29.3 Å². The highest BCUT2D eigenvalue weighted by Crippen LogP contribution is 2.33. The molecule has 2 aliphatic rings. The summed E-state index contributed by atoms with van der Waals surface area (Å²) in [4.78, 5) is 16.5. The number of amides is 1. The van der Waals surface area contributed by atoms with Gasteiger partial charge in [0.1, 0.15) is 5.60 Å². The van der Waals surface area contributed by atoms with Crippen molar-refractivity contribution < 1.29 is 9.53 Å². The summed E-state index contributed by atoms with van der Waals surface area (Å²) >= 11 is 0. The Balaban J connectivity index is 0.00000261. The predicted molar refractivity (Wildman–Crippen MR) is 120 cm³/mol. The van der Waals surface area contributed by atoms with Crippen molar-refractivity contribution in [1.82, 2.24) is 5.32 Å². The number of carbonyl (C=O) groups is 1. The molecule has 0 heterocycles. The second kappa shape index (κ2) is 9.12. The third-order valence-electron chi connectivity index (χ3n) is 4.72. The molecule has 1 saturated carbocycles. The monoisotopic (exact) mass is 486 g/mol. The number of guanidine groups is 1. The molecule has 0 aliphatic heterocycles. The zero-order valence-corrected chi connectivity index (χ0v) is 18.7. The Bertz CT molecular complexity index is 696. The molecule has 3 rings (SSSR count). The number of nitrogens with zero attached hydrogens (tertiary/aromatic N) is 1. The van der Waals surface area contributed by atoms with Crippen molar-refractivity contribution in [2.24, 2.45) is 16.6 Å². The van der Waals surface area contributed by atoms with Gasteiger partial charge in [-0.2, -0.15) is 0 Å². The SMILES string of the molecule is CC(C)(C)OC(=O)NC(CN=C(N)Nc1ccc2c(c1)CCC2)C1CC1.I. The van der Waals surface area contributed by atoms with Crippen LogP contribution in [0.15, 0.2) is 23.2 Å². The zero-order chi connectivity index (χ0) is 18.7. The highest BCUT2D eigenvalue weighted by Gasteiger charge is 2.33. The Labute approximate surface area is 178 Å². The number of anilines is 1. The van der Waals surface area contributed by atoms with Crippen LogP contribution in [0.3, 0.4) is 0 Å². The quantitative estimate of drug-likeness (QED) is 0.336. The molecule has 1 aromatic rings. The summed E-state index contributed by atoms with van der Waals surface area (Å²) < 4.78 is 5.35. The Morgan fingerprint density at radius 2 is 2.00 bits per heavy atom. The number of aryl methyl sites for hydroxylation is 2. The van der Waals surface area contributed by atoms with E-state index in [1.54, 1.807) is 0 Å². The minimum absolute atomic E-state index is 0. The molecule has 0 saturated heterocycles. The van der Waals surface area contributed by atoms with Gasteiger partial charge in [0.2, 0.25) is 0 Å². The van der Waals surface area contributed by atoms with Gasteiger partial charge in [-0.3, -0.25) is 4.99 Å². The molecule has 6 nitrogen and oxygen atoms in total. The summed E-state index contributed by atoms with van der Waals surface area (Å²) in [5.41, 5.74) is 9.34. The lowest BCUT2D eigenvalue weighted by Crippen LogP contribution is -2.42. The molecule has 0 radical (unpaired) electrons. The fourth-order valence-electron chi connectivity index (χ4n) is 3.30. The number of ether oxygens (including phenoxy) is 1. The van der Waals surface area contributed by atoms with Crippen LogP contribution < -0.4 is 16.4 Å². The summed E-state index contributed by atoms with van der Waals surface area (Å²) in [6.45, 7) is 6.02. The zero-order valence-electron chi connectivity index (χ0n) is 16.4. The molecule has 1 aromatic carbocycles. The van der Waals surface area contributed by atoms with E-state index in [-0.39, 0.29) is 30.0 Å². The third kappa shape index (κ3) is 6.86. The van der Waals surface area contributed by atoms with Crippen LogP contribution in [0.2, 0.25) is 0 Å². The Morgan fingerprint density at radius 3 is 2.67 bits per heavy atom. The van der Waals surface area contributed by atoms with Crippen LogP contribution in [0.1, 0.15) is 51.2 Å². The molecule has 27 heavy (non-hydrogen) atoms. The van der Waals surface area contributed by atoms with E-state index < -0.39 is 11.7 Å². The van der Waals surface area contributed by atoms with Gasteiger partial charge in [-0.25, -0.2) is 4.79 Å². The number of hydrogen-bond acceptors (Lipinski definition) is 3. The van der Waals surface area contributed by atoms with Gasteiger partial charge in [-0.15, -0.1) is 24.0 Å². The lowest BCUT2D eigenvalue weighted by Gasteiger charge is -2.23. The molecule has 150 valence electrons. The summed E-state index contributed by atoms with van der Waals surface area (Å²) in [6.07, 6.45) is 5.34. The maximum atomic E-state index is 12.0. The van der Waals surface area contributed by atoms with Gasteiger partial charge in [0.05, 0.1) is 12.6 Å². The van der Waals surface area contributed by atoms with Crippen LogP contribution in [0.25, 0.3) is 0 Å². The van der Waals surface area contributed by atoms with E-state index in [2.05, 4.69) is 27.8 Å². The van der Waals surface area contributed by atoms with Crippen molar-refractivity contribution in [1.29, 1.82) is 0 Å². The number of aliphatic imine (C=N–C) groups is 1. The van der Waals surface area contributed by atoms with E-state index in [0.29, 0.717) is 18.4 Å². The summed E-state index contributed by atoms with van der Waals surface area (Å²) in [5, 5.41) is 6.10. The van der Waals surface area contributed by atoms with E-state index in [1.807, 2.05) is 26.8 Å². The topological polar surface area (TPSA) is 88.7 Å². The predicted octanol–water partition coefficient (Wildman–Crippen LogP) is 3.82. The third-order valence-corrected chi connectivity index (χ3v) is 4.72. The highest BCUT2D eigenvalue weighted by atomic mass is 127. The van der Waals surface area contributed by atoms with Crippen LogP contribution in [0.5, 0.6) is 0 Å². The lowest BCUT2D eigenvalue weighted by molar-refractivity contribution is 0.0500. The number of carbonyl (C=O) groups excluding carboxylic acids is 1. The number of fused-ring (bicyclic) bond motifs is 1. The van der Waals surface area contributed by atoms with Crippen molar-refractivity contribution in [2.45, 2.75) is 64.5 Å². The minimum atomic E-state index is -0.504. The van der Waals surface area contributed by atoms with Crippen molar-refractivity contribution in [3.63, 3.8) is 0 Å². The molecule has 1 fully saturated rings. The number of nitrogens with one attached hydrogen (secondary N) is 2. The molecule has 0 spiro atoms. The van der Waals surface area contributed by atoms with E-state index in [0.717, 1.165) is 24.9 Å². The van der Waals surface area contributed by atoms with Gasteiger partial charge < -0.3 is 21.1 Å². The van der Waals surface area contributed by atoms with Crippen LogP contribution in [-0.2, 0) is 17.6 Å². The Hall–Kier alpha value is -1.51.